The molecule has 25 heavy (non-hydrogen) atoms. The van der Waals surface area contributed by atoms with Gasteiger partial charge in [-0.3, -0.25) is 4.79 Å². The van der Waals surface area contributed by atoms with E-state index >= 15 is 0 Å². The Labute approximate surface area is 143 Å². The van der Waals surface area contributed by atoms with Crippen LogP contribution in [-0.2, 0) is 10.2 Å². The molecule has 0 saturated carbocycles. The van der Waals surface area contributed by atoms with Gasteiger partial charge in [0, 0.05) is 17.1 Å². The van der Waals surface area contributed by atoms with Crippen molar-refractivity contribution in [3.05, 3.63) is 100 Å². The number of allylic oxidation sites excluding steroid dienone is 6. The van der Waals surface area contributed by atoms with E-state index in [9.17, 15) is 9.18 Å². The molecule has 7 rings (SSSR count). The van der Waals surface area contributed by atoms with Gasteiger partial charge in [0.05, 0.1) is 16.8 Å². The molecule has 1 aliphatic heterocycles. The Morgan fingerprint density at radius 2 is 1.92 bits per heavy atom. The highest BCUT2D eigenvalue weighted by Crippen LogP contribution is 2.60. The third-order valence-corrected chi connectivity index (χ3v) is 5.77. The van der Waals surface area contributed by atoms with Crippen molar-refractivity contribution in [1.29, 1.82) is 0 Å². The number of halogens is 1. The topological polar surface area (TPSA) is 29.4 Å². The Morgan fingerprint density at radius 3 is 2.84 bits per heavy atom. The summed E-state index contributed by atoms with van der Waals surface area (Å²) < 4.78 is 14.1. The number of carbonyl (C=O) groups is 1. The van der Waals surface area contributed by atoms with Crippen molar-refractivity contribution < 1.29 is 9.18 Å². The fraction of sp³-hybridized carbons (Fsp3) is 0.0909. The lowest BCUT2D eigenvalue weighted by Gasteiger charge is -2.49. The molecule has 2 aromatic rings. The fourth-order valence-electron chi connectivity index (χ4n) is 4.86. The summed E-state index contributed by atoms with van der Waals surface area (Å²) in [4.78, 5) is 17.5. The van der Waals surface area contributed by atoms with Crippen LogP contribution in [0.3, 0.4) is 0 Å². The summed E-state index contributed by atoms with van der Waals surface area (Å²) >= 11 is 0. The molecule has 2 aromatic carbocycles. The quantitative estimate of drug-likeness (QED) is 0.524. The third-order valence-electron chi connectivity index (χ3n) is 5.77. The zero-order valence-corrected chi connectivity index (χ0v) is 13.2. The van der Waals surface area contributed by atoms with E-state index in [2.05, 4.69) is 24.3 Å². The first-order valence-electron chi connectivity index (χ1n) is 8.35. The number of carbonyl (C=O) groups excluding carboxylic acids is 1. The van der Waals surface area contributed by atoms with Gasteiger partial charge in [0.1, 0.15) is 5.82 Å². The lowest BCUT2D eigenvalue weighted by atomic mass is 9.53. The molecular formula is C22H12FNO. The number of rotatable bonds is 0. The van der Waals surface area contributed by atoms with Gasteiger partial charge in [-0.2, -0.15) is 0 Å². The van der Waals surface area contributed by atoms with E-state index in [4.69, 9.17) is 4.99 Å². The van der Waals surface area contributed by atoms with Gasteiger partial charge in [0.2, 0.25) is 0 Å². The van der Waals surface area contributed by atoms with Crippen molar-refractivity contribution in [2.24, 2.45) is 4.99 Å². The smallest absolute Gasteiger partial charge is 0.183 e. The summed E-state index contributed by atoms with van der Waals surface area (Å²) in [6, 6.07) is 12.9. The van der Waals surface area contributed by atoms with Crippen LogP contribution < -0.4 is 0 Å². The Morgan fingerprint density at radius 1 is 1.04 bits per heavy atom. The fourth-order valence-corrected chi connectivity index (χ4v) is 4.86. The molecule has 2 nitrogen and oxygen atoms in total. The van der Waals surface area contributed by atoms with Crippen LogP contribution in [0.4, 0.5) is 10.1 Å². The minimum atomic E-state index is -0.629. The van der Waals surface area contributed by atoms with Crippen molar-refractivity contribution in [1.82, 2.24) is 0 Å². The summed E-state index contributed by atoms with van der Waals surface area (Å²) in [6.07, 6.45) is 7.64. The third kappa shape index (κ3) is 1.37. The van der Waals surface area contributed by atoms with Crippen molar-refractivity contribution in [2.45, 2.75) is 11.3 Å². The maximum atomic E-state index is 14.1. The Balaban J connectivity index is 1.85. The van der Waals surface area contributed by atoms with E-state index in [-0.39, 0.29) is 17.5 Å². The first-order valence-corrected chi connectivity index (χ1v) is 8.35. The van der Waals surface area contributed by atoms with Crippen LogP contribution in [0.25, 0.3) is 0 Å². The average molecular weight is 325 g/mol. The van der Waals surface area contributed by atoms with Gasteiger partial charge >= 0.3 is 0 Å². The molecule has 3 heteroatoms. The molecule has 0 N–H and O–H groups in total. The van der Waals surface area contributed by atoms with Crippen molar-refractivity contribution in [3.8, 4) is 0 Å². The molecule has 0 fully saturated rings. The SMILES string of the molecule is O=C1C=CC2=Nc3ccc(F)cc3C34C=CC(C1=C23)c1ccccc14. The Hall–Kier alpha value is -3.07. The van der Waals surface area contributed by atoms with E-state index < -0.39 is 5.41 Å². The minimum Gasteiger partial charge on any atom is -0.290 e. The highest BCUT2D eigenvalue weighted by Gasteiger charge is 2.53. The van der Waals surface area contributed by atoms with Gasteiger partial charge in [-0.25, -0.2) is 9.38 Å². The van der Waals surface area contributed by atoms with E-state index in [1.165, 1.54) is 6.07 Å². The molecule has 0 saturated heterocycles. The lowest BCUT2D eigenvalue weighted by Crippen LogP contribution is -2.44. The maximum Gasteiger partial charge on any atom is 0.183 e. The van der Waals surface area contributed by atoms with Crippen LogP contribution in [0, 0.1) is 5.82 Å². The van der Waals surface area contributed by atoms with Gasteiger partial charge in [0.15, 0.2) is 5.78 Å². The standard InChI is InChI=1S/C22H12FNO/c23-12-5-6-17-16(11-12)22-10-9-14(13-3-1-2-4-15(13)22)20-19(25)8-7-18(24-17)21(20)22/h1-11,14H. The van der Waals surface area contributed by atoms with Gasteiger partial charge in [-0.15, -0.1) is 0 Å². The Bertz CT molecular complexity index is 1130. The molecule has 2 atom stereocenters. The average Bonchev–Trinajstić information content (AvgIpc) is 2.65. The normalized spacial score (nSPS) is 27.0. The second-order valence-electron chi connectivity index (χ2n) is 6.88. The number of aliphatic imine (C=N–C) groups is 1. The molecule has 0 aromatic heterocycles. The summed E-state index contributed by atoms with van der Waals surface area (Å²) in [6.45, 7) is 0. The summed E-state index contributed by atoms with van der Waals surface area (Å²) in [5.41, 5.74) is 5.74. The van der Waals surface area contributed by atoms with E-state index in [1.807, 2.05) is 12.1 Å². The van der Waals surface area contributed by atoms with Gasteiger partial charge in [0.25, 0.3) is 0 Å². The van der Waals surface area contributed by atoms with Crippen LogP contribution in [0.5, 0.6) is 0 Å². The van der Waals surface area contributed by atoms with Crippen LogP contribution in [0.15, 0.2) is 82.9 Å². The van der Waals surface area contributed by atoms with Gasteiger partial charge in [-0.1, -0.05) is 36.4 Å². The molecular weight excluding hydrogens is 313 g/mol. The predicted molar refractivity (Wildman–Crippen MR) is 93.8 cm³/mol. The summed E-state index contributed by atoms with van der Waals surface area (Å²) in [7, 11) is 0. The highest BCUT2D eigenvalue weighted by atomic mass is 19.1. The first-order chi connectivity index (χ1) is 12.2. The lowest BCUT2D eigenvalue weighted by molar-refractivity contribution is -0.111. The molecule has 4 aliphatic carbocycles. The Kier molecular flexibility index (Phi) is 2.18. The molecule has 2 bridgehead atoms. The van der Waals surface area contributed by atoms with E-state index in [0.29, 0.717) is 0 Å². The van der Waals surface area contributed by atoms with Crippen molar-refractivity contribution >= 4 is 17.2 Å². The van der Waals surface area contributed by atoms with E-state index in [0.717, 1.165) is 39.2 Å². The van der Waals surface area contributed by atoms with Gasteiger partial charge < -0.3 is 0 Å². The summed E-state index contributed by atoms with van der Waals surface area (Å²) in [5, 5.41) is 0. The molecule has 118 valence electrons. The summed E-state index contributed by atoms with van der Waals surface area (Å²) in [5.74, 6) is -0.307. The molecule has 0 radical (unpaired) electrons. The van der Waals surface area contributed by atoms with Crippen molar-refractivity contribution in [3.63, 3.8) is 0 Å². The first kappa shape index (κ1) is 13.2. The van der Waals surface area contributed by atoms with Crippen LogP contribution in [0.1, 0.15) is 22.6 Å². The van der Waals surface area contributed by atoms with E-state index in [1.54, 1.807) is 24.3 Å². The number of hydrogen-bond acceptors (Lipinski definition) is 2. The largest absolute Gasteiger partial charge is 0.290 e. The zero-order chi connectivity index (χ0) is 16.8. The molecule has 1 heterocycles. The number of ketones is 1. The van der Waals surface area contributed by atoms with Gasteiger partial charge in [-0.05, 0) is 47.0 Å². The van der Waals surface area contributed by atoms with Crippen LogP contribution in [0.2, 0.25) is 0 Å². The minimum absolute atomic E-state index is 0.0297. The predicted octanol–water partition coefficient (Wildman–Crippen LogP) is 4.30. The maximum absolute atomic E-state index is 14.1. The second kappa shape index (κ2) is 4.12. The highest BCUT2D eigenvalue weighted by molar-refractivity contribution is 6.27. The molecule has 5 aliphatic rings. The van der Waals surface area contributed by atoms with Crippen LogP contribution in [-0.4, -0.2) is 11.5 Å². The number of nitrogens with zero attached hydrogens (tertiary/aromatic N) is 1. The second-order valence-corrected chi connectivity index (χ2v) is 6.88. The molecule has 1 spiro atoms. The molecule has 2 unspecified atom stereocenters. The number of benzene rings is 2. The van der Waals surface area contributed by atoms with Crippen LogP contribution >= 0.6 is 0 Å². The zero-order valence-electron chi connectivity index (χ0n) is 13.2. The monoisotopic (exact) mass is 325 g/mol. The molecule has 0 amide bonds. The van der Waals surface area contributed by atoms with Crippen molar-refractivity contribution in [2.75, 3.05) is 0 Å². The number of fused-ring (bicyclic) bond motifs is 1. The number of hydrogen-bond donors (Lipinski definition) is 0.